The zero-order valence-electron chi connectivity index (χ0n) is 13.9. The van der Waals surface area contributed by atoms with Crippen LogP contribution in [0.1, 0.15) is 21.7 Å². The number of hydrogen-bond donors (Lipinski definition) is 1. The number of nitrogens with zero attached hydrogens (tertiary/aromatic N) is 3. The molecule has 0 fully saturated rings. The maximum atomic E-state index is 12.3. The van der Waals surface area contributed by atoms with Crippen LogP contribution in [-0.4, -0.2) is 20.7 Å². The van der Waals surface area contributed by atoms with Crippen molar-refractivity contribution in [2.24, 2.45) is 0 Å². The summed E-state index contributed by atoms with van der Waals surface area (Å²) in [5.41, 5.74) is 2.17. The van der Waals surface area contributed by atoms with Crippen molar-refractivity contribution in [1.82, 2.24) is 14.8 Å². The van der Waals surface area contributed by atoms with Gasteiger partial charge in [-0.3, -0.25) is 4.79 Å². The second-order valence-electron chi connectivity index (χ2n) is 5.59. The number of amides is 1. The topological polar surface area (TPSA) is 69.0 Å². The minimum Gasteiger partial charge on any atom is -0.471 e. The van der Waals surface area contributed by atoms with E-state index in [1.54, 1.807) is 41.2 Å². The van der Waals surface area contributed by atoms with Gasteiger partial charge in [-0.2, -0.15) is 5.10 Å². The number of benzene rings is 1. The second-order valence-corrected chi connectivity index (χ2v) is 6.03. The van der Waals surface area contributed by atoms with E-state index < -0.39 is 0 Å². The lowest BCUT2D eigenvalue weighted by molar-refractivity contribution is 0.102. The molecule has 0 atom stereocenters. The molecule has 1 aromatic carbocycles. The van der Waals surface area contributed by atoms with Crippen molar-refractivity contribution in [3.8, 4) is 5.75 Å². The Morgan fingerprint density at radius 3 is 2.68 bits per heavy atom. The normalized spacial score (nSPS) is 10.5. The molecule has 3 aromatic rings. The van der Waals surface area contributed by atoms with Gasteiger partial charge >= 0.3 is 0 Å². The van der Waals surface area contributed by atoms with E-state index in [-0.39, 0.29) is 12.6 Å². The molecule has 6 nitrogen and oxygen atoms in total. The van der Waals surface area contributed by atoms with Crippen LogP contribution in [0.2, 0.25) is 5.02 Å². The lowest BCUT2D eigenvalue weighted by Gasteiger charge is -2.06. The third kappa shape index (κ3) is 4.58. The molecule has 0 unspecified atom stereocenters. The van der Waals surface area contributed by atoms with Crippen LogP contribution in [0.4, 0.5) is 5.82 Å². The number of aryl methyl sites for hydroxylation is 2. The van der Waals surface area contributed by atoms with Crippen molar-refractivity contribution in [2.75, 3.05) is 5.32 Å². The molecule has 0 saturated carbocycles. The molecule has 0 spiro atoms. The van der Waals surface area contributed by atoms with Crippen molar-refractivity contribution in [1.29, 1.82) is 0 Å². The molecule has 0 aliphatic rings. The number of nitrogens with one attached hydrogen (secondary N) is 1. The zero-order valence-corrected chi connectivity index (χ0v) is 14.6. The van der Waals surface area contributed by atoms with Gasteiger partial charge in [0, 0.05) is 16.9 Å². The molecule has 1 amide bonds. The van der Waals surface area contributed by atoms with Crippen LogP contribution in [-0.2, 0) is 6.73 Å². The number of hydrogen-bond acceptors (Lipinski definition) is 4. The fourth-order valence-corrected chi connectivity index (χ4v) is 2.44. The highest BCUT2D eigenvalue weighted by Gasteiger charge is 2.11. The maximum absolute atomic E-state index is 12.3. The lowest BCUT2D eigenvalue weighted by atomic mass is 10.2. The monoisotopic (exact) mass is 356 g/mol. The van der Waals surface area contributed by atoms with E-state index in [1.165, 1.54) is 0 Å². The molecule has 7 heteroatoms. The average Bonchev–Trinajstić information content (AvgIpc) is 3.02. The number of carbonyl (C=O) groups excluding carboxylic acids is 1. The molecule has 0 aliphatic carbocycles. The quantitative estimate of drug-likeness (QED) is 0.754. The summed E-state index contributed by atoms with van der Waals surface area (Å²) in [7, 11) is 0. The summed E-state index contributed by atoms with van der Waals surface area (Å²) in [5.74, 6) is 0.863. The SMILES string of the molecule is Cc1cc(C)nc(NC(=O)c2ccn(COc3ccc(Cl)cc3)n2)c1. The molecule has 2 aromatic heterocycles. The third-order valence-corrected chi connectivity index (χ3v) is 3.64. The molecule has 0 aliphatic heterocycles. The van der Waals surface area contributed by atoms with E-state index in [4.69, 9.17) is 16.3 Å². The van der Waals surface area contributed by atoms with E-state index in [0.29, 0.717) is 22.3 Å². The van der Waals surface area contributed by atoms with Gasteiger partial charge < -0.3 is 10.1 Å². The van der Waals surface area contributed by atoms with E-state index in [2.05, 4.69) is 15.4 Å². The Morgan fingerprint density at radius 1 is 1.20 bits per heavy atom. The van der Waals surface area contributed by atoms with Crippen molar-refractivity contribution in [3.63, 3.8) is 0 Å². The summed E-state index contributed by atoms with van der Waals surface area (Å²) in [6, 6.07) is 12.4. The standard InChI is InChI=1S/C18H17ClN4O2/c1-12-9-13(2)20-17(10-12)21-18(24)16-7-8-23(22-16)11-25-15-5-3-14(19)4-6-15/h3-10H,11H2,1-2H3,(H,20,21,24). The summed E-state index contributed by atoms with van der Waals surface area (Å²) in [6.45, 7) is 4.02. The van der Waals surface area contributed by atoms with E-state index in [1.807, 2.05) is 26.0 Å². The summed E-state index contributed by atoms with van der Waals surface area (Å²) in [4.78, 5) is 16.6. The zero-order chi connectivity index (χ0) is 17.8. The number of anilines is 1. The first-order valence-corrected chi connectivity index (χ1v) is 8.06. The van der Waals surface area contributed by atoms with Crippen LogP contribution >= 0.6 is 11.6 Å². The molecule has 25 heavy (non-hydrogen) atoms. The first-order chi connectivity index (χ1) is 12.0. The highest BCUT2D eigenvalue weighted by Crippen LogP contribution is 2.16. The van der Waals surface area contributed by atoms with Crippen LogP contribution in [0.5, 0.6) is 5.75 Å². The minimum atomic E-state index is -0.317. The van der Waals surface area contributed by atoms with Gasteiger partial charge in [-0.1, -0.05) is 11.6 Å². The van der Waals surface area contributed by atoms with Gasteiger partial charge in [0.05, 0.1) is 0 Å². The minimum absolute atomic E-state index is 0.191. The predicted octanol–water partition coefficient (Wildman–Crippen LogP) is 3.84. The number of halogens is 1. The number of rotatable bonds is 5. The van der Waals surface area contributed by atoms with Crippen LogP contribution < -0.4 is 10.1 Å². The molecule has 3 rings (SSSR count). The fourth-order valence-electron chi connectivity index (χ4n) is 2.31. The molecule has 2 heterocycles. The number of pyridine rings is 1. The molecule has 128 valence electrons. The van der Waals surface area contributed by atoms with Gasteiger partial charge in [0.25, 0.3) is 5.91 Å². The van der Waals surface area contributed by atoms with Gasteiger partial charge in [-0.25, -0.2) is 9.67 Å². The summed E-state index contributed by atoms with van der Waals surface area (Å²) in [5, 5.41) is 7.61. The Kier molecular flexibility index (Phi) is 5.00. The Hall–Kier alpha value is -2.86. The first kappa shape index (κ1) is 17.0. The largest absolute Gasteiger partial charge is 0.471 e. The molecule has 0 saturated heterocycles. The van der Waals surface area contributed by atoms with Crippen LogP contribution in [0.15, 0.2) is 48.7 Å². The fraction of sp³-hybridized carbons (Fsp3) is 0.167. The van der Waals surface area contributed by atoms with Gasteiger partial charge in [-0.05, 0) is 61.9 Å². The molecule has 0 radical (unpaired) electrons. The van der Waals surface area contributed by atoms with Gasteiger partial charge in [0.1, 0.15) is 11.6 Å². The van der Waals surface area contributed by atoms with Gasteiger partial charge in [0.2, 0.25) is 0 Å². The summed E-state index contributed by atoms with van der Waals surface area (Å²) in [6.07, 6.45) is 1.68. The number of ether oxygens (including phenoxy) is 1. The van der Waals surface area contributed by atoms with Crippen LogP contribution in [0.3, 0.4) is 0 Å². The van der Waals surface area contributed by atoms with E-state index in [0.717, 1.165) is 11.3 Å². The molecular weight excluding hydrogens is 340 g/mol. The maximum Gasteiger partial charge on any atom is 0.277 e. The van der Waals surface area contributed by atoms with Crippen LogP contribution in [0.25, 0.3) is 0 Å². The van der Waals surface area contributed by atoms with E-state index >= 15 is 0 Å². The number of aromatic nitrogens is 3. The highest BCUT2D eigenvalue weighted by molar-refractivity contribution is 6.30. The Labute approximate surface area is 150 Å². The van der Waals surface area contributed by atoms with E-state index in [9.17, 15) is 4.79 Å². The third-order valence-electron chi connectivity index (χ3n) is 3.39. The van der Waals surface area contributed by atoms with Gasteiger partial charge in [-0.15, -0.1) is 0 Å². The van der Waals surface area contributed by atoms with Crippen molar-refractivity contribution < 1.29 is 9.53 Å². The van der Waals surface area contributed by atoms with Gasteiger partial charge in [0.15, 0.2) is 12.4 Å². The Bertz CT molecular complexity index is 870. The first-order valence-electron chi connectivity index (χ1n) is 7.68. The Balaban J connectivity index is 1.62. The summed E-state index contributed by atoms with van der Waals surface area (Å²) < 4.78 is 7.13. The molecule has 1 N–H and O–H groups in total. The van der Waals surface area contributed by atoms with Crippen LogP contribution in [0, 0.1) is 13.8 Å². The van der Waals surface area contributed by atoms with Crippen molar-refractivity contribution in [2.45, 2.75) is 20.6 Å². The smallest absolute Gasteiger partial charge is 0.277 e. The summed E-state index contributed by atoms with van der Waals surface area (Å²) >= 11 is 5.83. The van der Waals surface area contributed by atoms with Crippen molar-refractivity contribution in [3.05, 3.63) is 70.6 Å². The number of carbonyl (C=O) groups is 1. The lowest BCUT2D eigenvalue weighted by Crippen LogP contribution is -2.15. The van der Waals surface area contributed by atoms with Crippen molar-refractivity contribution >= 4 is 23.3 Å². The molecular formula is C18H17ClN4O2. The Morgan fingerprint density at radius 2 is 1.96 bits per heavy atom. The molecule has 0 bridgehead atoms. The average molecular weight is 357 g/mol. The predicted molar refractivity (Wildman–Crippen MR) is 96.0 cm³/mol. The second kappa shape index (κ2) is 7.36. The highest BCUT2D eigenvalue weighted by atomic mass is 35.5.